The molecule has 0 radical (unpaired) electrons. The third-order valence-electron chi connectivity index (χ3n) is 4.72. The molecule has 4 aromatic rings. The highest BCUT2D eigenvalue weighted by Crippen LogP contribution is 2.33. The number of nitrogens with zero attached hydrogens (tertiary/aromatic N) is 1. The summed E-state index contributed by atoms with van der Waals surface area (Å²) >= 11 is 11.2. The number of anilines is 1. The number of methoxy groups -OCH3 is 2. The Morgan fingerprint density at radius 3 is 2.64 bits per heavy atom. The normalized spacial score (nSPS) is 10.6. The quantitative estimate of drug-likeness (QED) is 0.341. The molecule has 168 valence electrons. The molecule has 1 amide bonds. The topological polar surface area (TPSA) is 106 Å². The number of amides is 1. The third kappa shape index (κ3) is 4.84. The second kappa shape index (κ2) is 9.35. The Hall–Kier alpha value is -3.82. The van der Waals surface area contributed by atoms with Crippen molar-refractivity contribution in [3.63, 3.8) is 0 Å². The smallest absolute Gasteiger partial charge is 0.261 e. The number of carbonyl (C=O) groups excluding carboxylic acids is 1. The molecule has 0 unspecified atom stereocenters. The largest absolute Gasteiger partial charge is 0.507 e. The van der Waals surface area contributed by atoms with Gasteiger partial charge in [0.2, 0.25) is 5.89 Å². The molecule has 0 saturated carbocycles. The number of benzene rings is 3. The van der Waals surface area contributed by atoms with Crippen LogP contribution in [-0.4, -0.2) is 35.3 Å². The average Bonchev–Trinajstić information content (AvgIpc) is 3.21. The molecule has 8 nitrogen and oxygen atoms in total. The summed E-state index contributed by atoms with van der Waals surface area (Å²) in [4.78, 5) is 17.0. The highest BCUT2D eigenvalue weighted by atomic mass is 35.5. The summed E-state index contributed by atoms with van der Waals surface area (Å²) in [6, 6.07) is 14.6. The molecule has 3 aromatic carbocycles. The molecule has 0 fully saturated rings. The van der Waals surface area contributed by atoms with Crippen LogP contribution < -0.4 is 20.1 Å². The lowest BCUT2D eigenvalue weighted by Gasteiger charge is -2.13. The molecule has 33 heavy (non-hydrogen) atoms. The fourth-order valence-electron chi connectivity index (χ4n) is 3.12. The van der Waals surface area contributed by atoms with E-state index in [-0.39, 0.29) is 22.3 Å². The second-order valence-electron chi connectivity index (χ2n) is 6.84. The summed E-state index contributed by atoms with van der Waals surface area (Å²) in [5.74, 6) is 0.610. The van der Waals surface area contributed by atoms with Gasteiger partial charge in [-0.25, -0.2) is 4.98 Å². The van der Waals surface area contributed by atoms with E-state index < -0.39 is 5.91 Å². The Kier molecular flexibility index (Phi) is 6.34. The number of phenols is 1. The van der Waals surface area contributed by atoms with Crippen molar-refractivity contribution in [2.24, 2.45) is 0 Å². The van der Waals surface area contributed by atoms with Gasteiger partial charge in [-0.1, -0.05) is 11.6 Å². The van der Waals surface area contributed by atoms with E-state index in [1.165, 1.54) is 20.3 Å². The number of aromatic nitrogens is 1. The zero-order valence-corrected chi connectivity index (χ0v) is 19.1. The minimum Gasteiger partial charge on any atom is -0.507 e. The Balaban J connectivity index is 1.47. The predicted molar refractivity (Wildman–Crippen MR) is 129 cm³/mol. The molecule has 0 atom stereocenters. The number of halogens is 1. The summed E-state index contributed by atoms with van der Waals surface area (Å²) in [7, 11) is 2.98. The maximum absolute atomic E-state index is 12.6. The van der Waals surface area contributed by atoms with Crippen LogP contribution in [0.15, 0.2) is 59.0 Å². The minimum atomic E-state index is -0.460. The van der Waals surface area contributed by atoms with E-state index in [4.69, 9.17) is 37.7 Å². The fraction of sp³-hybridized carbons (Fsp3) is 0.0870. The van der Waals surface area contributed by atoms with Crippen molar-refractivity contribution in [3.05, 3.63) is 65.2 Å². The number of carbonyl (C=O) groups is 1. The molecule has 3 N–H and O–H groups in total. The van der Waals surface area contributed by atoms with Crippen LogP contribution in [0.1, 0.15) is 10.4 Å². The first-order valence-electron chi connectivity index (χ1n) is 9.62. The molecular weight excluding hydrogens is 466 g/mol. The molecule has 0 aliphatic heterocycles. The van der Waals surface area contributed by atoms with Gasteiger partial charge in [-0.3, -0.25) is 10.1 Å². The highest BCUT2D eigenvalue weighted by molar-refractivity contribution is 7.80. The number of oxazole rings is 1. The Bertz CT molecular complexity index is 1370. The first kappa shape index (κ1) is 22.4. The molecule has 10 heteroatoms. The lowest BCUT2D eigenvalue weighted by molar-refractivity contribution is 0.0974. The zero-order valence-electron chi connectivity index (χ0n) is 17.5. The van der Waals surface area contributed by atoms with Gasteiger partial charge in [0.15, 0.2) is 10.7 Å². The van der Waals surface area contributed by atoms with Gasteiger partial charge < -0.3 is 24.3 Å². The van der Waals surface area contributed by atoms with Crippen LogP contribution in [0.3, 0.4) is 0 Å². The molecule has 0 bridgehead atoms. The number of rotatable bonds is 5. The van der Waals surface area contributed by atoms with E-state index >= 15 is 0 Å². The van der Waals surface area contributed by atoms with Crippen LogP contribution in [0, 0.1) is 0 Å². The maximum atomic E-state index is 12.6. The van der Waals surface area contributed by atoms with Crippen molar-refractivity contribution in [1.29, 1.82) is 0 Å². The van der Waals surface area contributed by atoms with Crippen LogP contribution in [0.4, 0.5) is 5.69 Å². The van der Waals surface area contributed by atoms with Gasteiger partial charge in [0.1, 0.15) is 22.8 Å². The molecule has 0 saturated heterocycles. The minimum absolute atomic E-state index is 0.0431. The van der Waals surface area contributed by atoms with Crippen molar-refractivity contribution in [2.75, 3.05) is 19.5 Å². The van der Waals surface area contributed by atoms with Crippen molar-refractivity contribution in [1.82, 2.24) is 10.3 Å². The number of ether oxygens (including phenoxy) is 2. The number of hydrogen-bond donors (Lipinski definition) is 3. The van der Waals surface area contributed by atoms with Gasteiger partial charge in [-0.05, 0) is 54.7 Å². The summed E-state index contributed by atoms with van der Waals surface area (Å²) in [6.07, 6.45) is 0. The van der Waals surface area contributed by atoms with Gasteiger partial charge >= 0.3 is 0 Å². The van der Waals surface area contributed by atoms with Crippen LogP contribution in [0.2, 0.25) is 5.02 Å². The molecule has 0 aliphatic rings. The first-order chi connectivity index (χ1) is 15.9. The van der Waals surface area contributed by atoms with Crippen LogP contribution in [0.25, 0.3) is 22.6 Å². The van der Waals surface area contributed by atoms with Crippen molar-refractivity contribution < 1.29 is 23.8 Å². The van der Waals surface area contributed by atoms with Crippen LogP contribution >= 0.6 is 23.8 Å². The molecule has 4 rings (SSSR count). The van der Waals surface area contributed by atoms with E-state index in [0.717, 1.165) is 0 Å². The van der Waals surface area contributed by atoms with Gasteiger partial charge in [0.25, 0.3) is 5.91 Å². The molecule has 0 aliphatic carbocycles. The highest BCUT2D eigenvalue weighted by Gasteiger charge is 2.16. The van der Waals surface area contributed by atoms with Crippen LogP contribution in [-0.2, 0) is 0 Å². The van der Waals surface area contributed by atoms with Gasteiger partial charge in [0, 0.05) is 22.8 Å². The number of phenolic OH excluding ortho intramolecular Hbond substituents is 1. The lowest BCUT2D eigenvalue weighted by atomic mass is 10.1. The first-order valence-corrected chi connectivity index (χ1v) is 10.4. The van der Waals surface area contributed by atoms with Crippen molar-refractivity contribution in [2.45, 2.75) is 0 Å². The van der Waals surface area contributed by atoms with Crippen LogP contribution in [0.5, 0.6) is 17.2 Å². The zero-order chi connectivity index (χ0) is 23.5. The molecule has 1 aromatic heterocycles. The number of hydrogen-bond acceptors (Lipinski definition) is 7. The van der Waals surface area contributed by atoms with E-state index in [2.05, 4.69) is 15.6 Å². The van der Waals surface area contributed by atoms with Gasteiger partial charge in [-0.15, -0.1) is 0 Å². The monoisotopic (exact) mass is 483 g/mol. The Morgan fingerprint density at radius 1 is 1.09 bits per heavy atom. The predicted octanol–water partition coefficient (Wildman–Crippen LogP) is 5.00. The second-order valence-corrected chi connectivity index (χ2v) is 7.68. The van der Waals surface area contributed by atoms with Crippen molar-refractivity contribution in [3.8, 4) is 28.7 Å². The number of aromatic hydroxyl groups is 1. The van der Waals surface area contributed by atoms with Crippen molar-refractivity contribution >= 4 is 51.6 Å². The molecular formula is C23H18ClN3O5S. The van der Waals surface area contributed by atoms with E-state index in [1.54, 1.807) is 48.5 Å². The maximum Gasteiger partial charge on any atom is 0.261 e. The summed E-state index contributed by atoms with van der Waals surface area (Å²) in [6.45, 7) is 0. The number of fused-ring (bicyclic) bond motifs is 1. The average molecular weight is 484 g/mol. The summed E-state index contributed by atoms with van der Waals surface area (Å²) in [5.41, 5.74) is 2.27. The number of thiocarbonyl (C=S) groups is 1. The fourth-order valence-corrected chi connectivity index (χ4v) is 3.50. The summed E-state index contributed by atoms with van der Waals surface area (Å²) in [5, 5.41) is 16.5. The van der Waals surface area contributed by atoms with Gasteiger partial charge in [-0.2, -0.15) is 0 Å². The molecule has 1 heterocycles. The molecule has 0 spiro atoms. The Morgan fingerprint density at radius 2 is 1.91 bits per heavy atom. The van der Waals surface area contributed by atoms with E-state index in [9.17, 15) is 9.90 Å². The van der Waals surface area contributed by atoms with Gasteiger partial charge in [0.05, 0.1) is 25.3 Å². The van der Waals surface area contributed by atoms with E-state index in [0.29, 0.717) is 38.9 Å². The number of nitrogens with one attached hydrogen (secondary N) is 2. The third-order valence-corrected chi connectivity index (χ3v) is 5.16. The lowest BCUT2D eigenvalue weighted by Crippen LogP contribution is -2.34. The van der Waals surface area contributed by atoms with E-state index in [1.807, 2.05) is 0 Å². The Labute approximate surface area is 199 Å². The SMILES string of the molecule is COc1ccc(C(=O)NC(=S)Nc2ccc(-c3nc4cc(Cl)ccc4o3)c(O)c2)c(OC)c1. The summed E-state index contributed by atoms with van der Waals surface area (Å²) < 4.78 is 16.1. The standard InChI is InChI=1S/C23H18ClN3O5S/c1-30-14-5-7-16(20(11-14)31-2)21(29)27-23(33)25-13-4-6-15(18(28)10-13)22-26-17-9-12(24)3-8-19(17)32-22/h3-11,28H,1-2H3,(H2,25,27,29,33).